The Morgan fingerprint density at radius 2 is 1.42 bits per heavy atom. The zero-order valence-corrected chi connectivity index (χ0v) is 7.76. The number of nitrogens with zero attached hydrogens (tertiary/aromatic N) is 2. The Morgan fingerprint density at radius 1 is 0.750 bits per heavy atom. The maximum atomic E-state index is 4.02. The molecule has 0 saturated carbocycles. The van der Waals surface area contributed by atoms with Gasteiger partial charge in [-0.3, -0.25) is 5.43 Å². The third-order valence-corrected chi connectivity index (χ3v) is 2.19. The third-order valence-electron chi connectivity index (χ3n) is 2.19. The summed E-state index contributed by atoms with van der Waals surface area (Å²) in [4.78, 5) is 0. The number of hydrogen-bond donors (Lipinski definition) is 1. The first-order chi connectivity index (χ1) is 6.00. The van der Waals surface area contributed by atoms with Gasteiger partial charge in [0.1, 0.15) is 0 Å². The number of hydrogen-bond acceptors (Lipinski definition) is 3. The molecule has 0 aromatic carbocycles. The molecule has 0 radical (unpaired) electrons. The molecule has 0 amide bonds. The molecule has 0 aliphatic carbocycles. The molecule has 0 unspecified atom stereocenters. The van der Waals surface area contributed by atoms with Crippen molar-refractivity contribution in [2.45, 2.75) is 44.9 Å². The van der Waals surface area contributed by atoms with Crippen molar-refractivity contribution >= 4 is 0 Å². The molecule has 0 saturated heterocycles. The standard InChI is InChI=1S/C9H19N3/c1-2-4-6-8-10-12-11-9-7-5-3-1/h1-9H2,(H,10,11). The molecule has 3 heteroatoms. The van der Waals surface area contributed by atoms with E-state index in [2.05, 4.69) is 15.8 Å². The summed E-state index contributed by atoms with van der Waals surface area (Å²) in [5.41, 5.74) is 2.96. The van der Waals surface area contributed by atoms with Crippen LogP contribution in [0, 0.1) is 0 Å². The Hall–Kier alpha value is -0.600. The van der Waals surface area contributed by atoms with Gasteiger partial charge < -0.3 is 0 Å². The summed E-state index contributed by atoms with van der Waals surface area (Å²) in [7, 11) is 0. The quantitative estimate of drug-likeness (QED) is 0.594. The fraction of sp³-hybridized carbons (Fsp3) is 1.00. The average Bonchev–Trinajstić information content (AvgIpc) is 2.05. The largest absolute Gasteiger partial charge is 0.292 e. The normalized spacial score (nSPS) is 24.7. The van der Waals surface area contributed by atoms with Crippen LogP contribution in [0.4, 0.5) is 0 Å². The molecule has 12 heavy (non-hydrogen) atoms. The van der Waals surface area contributed by atoms with Gasteiger partial charge >= 0.3 is 0 Å². The van der Waals surface area contributed by atoms with Gasteiger partial charge in [0, 0.05) is 6.54 Å². The molecule has 0 bridgehead atoms. The van der Waals surface area contributed by atoms with Crippen molar-refractivity contribution < 1.29 is 0 Å². The number of rotatable bonds is 0. The lowest BCUT2D eigenvalue weighted by molar-refractivity contribution is 0.537. The van der Waals surface area contributed by atoms with Crippen LogP contribution in [0.5, 0.6) is 0 Å². The Bertz CT molecular complexity index is 109. The number of nitrogens with one attached hydrogen (secondary N) is 1. The summed E-state index contributed by atoms with van der Waals surface area (Å²) in [5.74, 6) is 0. The fourth-order valence-electron chi connectivity index (χ4n) is 1.42. The van der Waals surface area contributed by atoms with Gasteiger partial charge in [0.25, 0.3) is 0 Å². The summed E-state index contributed by atoms with van der Waals surface area (Å²) < 4.78 is 0. The molecule has 70 valence electrons. The van der Waals surface area contributed by atoms with Gasteiger partial charge in [-0.25, -0.2) is 0 Å². The molecule has 0 atom stereocenters. The highest BCUT2D eigenvalue weighted by Gasteiger charge is 1.92. The lowest BCUT2D eigenvalue weighted by atomic mass is 10.1. The Morgan fingerprint density at radius 3 is 2.25 bits per heavy atom. The molecule has 1 rings (SSSR count). The van der Waals surface area contributed by atoms with Gasteiger partial charge in [-0.05, 0) is 12.8 Å². The monoisotopic (exact) mass is 169 g/mol. The SMILES string of the molecule is C1CCCC/N=N\NCCCC1. The molecular weight excluding hydrogens is 150 g/mol. The average molecular weight is 169 g/mol. The van der Waals surface area contributed by atoms with Crippen molar-refractivity contribution in [3.8, 4) is 0 Å². The van der Waals surface area contributed by atoms with E-state index in [1.54, 1.807) is 0 Å². The van der Waals surface area contributed by atoms with Crippen molar-refractivity contribution in [3.05, 3.63) is 0 Å². The van der Waals surface area contributed by atoms with E-state index in [-0.39, 0.29) is 0 Å². The van der Waals surface area contributed by atoms with E-state index in [0.717, 1.165) is 13.1 Å². The van der Waals surface area contributed by atoms with Gasteiger partial charge in [-0.2, -0.15) is 5.11 Å². The highest BCUT2D eigenvalue weighted by molar-refractivity contribution is 4.50. The van der Waals surface area contributed by atoms with Crippen molar-refractivity contribution in [1.82, 2.24) is 5.43 Å². The summed E-state index contributed by atoms with van der Waals surface area (Å²) >= 11 is 0. The van der Waals surface area contributed by atoms with E-state index >= 15 is 0 Å². The first kappa shape index (κ1) is 9.49. The second-order valence-corrected chi connectivity index (χ2v) is 3.35. The minimum absolute atomic E-state index is 0.896. The maximum Gasteiger partial charge on any atom is 0.0620 e. The molecule has 1 N–H and O–H groups in total. The van der Waals surface area contributed by atoms with Gasteiger partial charge in [-0.15, -0.1) is 0 Å². The molecule has 0 spiro atoms. The van der Waals surface area contributed by atoms with Crippen LogP contribution in [0.2, 0.25) is 0 Å². The lowest BCUT2D eigenvalue weighted by Crippen LogP contribution is -2.06. The van der Waals surface area contributed by atoms with Gasteiger partial charge in [0.05, 0.1) is 6.54 Å². The molecular formula is C9H19N3. The van der Waals surface area contributed by atoms with Crippen LogP contribution >= 0.6 is 0 Å². The molecule has 1 heterocycles. The molecule has 1 aliphatic heterocycles. The zero-order chi connectivity index (χ0) is 8.49. The summed E-state index contributed by atoms with van der Waals surface area (Å²) in [6, 6.07) is 0. The van der Waals surface area contributed by atoms with E-state index in [0.29, 0.717) is 0 Å². The van der Waals surface area contributed by atoms with Crippen LogP contribution in [0.3, 0.4) is 0 Å². The minimum atomic E-state index is 0.896. The van der Waals surface area contributed by atoms with Crippen LogP contribution < -0.4 is 5.43 Å². The van der Waals surface area contributed by atoms with Crippen LogP contribution in [-0.4, -0.2) is 13.1 Å². The Balaban J connectivity index is 2.10. The summed E-state index contributed by atoms with van der Waals surface area (Å²) in [6.45, 7) is 1.89. The van der Waals surface area contributed by atoms with Gasteiger partial charge in [0.15, 0.2) is 0 Å². The minimum Gasteiger partial charge on any atom is -0.292 e. The van der Waals surface area contributed by atoms with Crippen molar-refractivity contribution in [3.63, 3.8) is 0 Å². The van der Waals surface area contributed by atoms with Gasteiger partial charge in [-0.1, -0.05) is 37.3 Å². The lowest BCUT2D eigenvalue weighted by Gasteiger charge is -2.03. The van der Waals surface area contributed by atoms with E-state index in [9.17, 15) is 0 Å². The second-order valence-electron chi connectivity index (χ2n) is 3.35. The molecule has 0 fully saturated rings. The van der Waals surface area contributed by atoms with Gasteiger partial charge in [0.2, 0.25) is 0 Å². The first-order valence-electron chi connectivity index (χ1n) is 5.09. The molecule has 1 aliphatic rings. The van der Waals surface area contributed by atoms with Crippen molar-refractivity contribution in [1.29, 1.82) is 0 Å². The van der Waals surface area contributed by atoms with E-state index in [1.807, 2.05) is 0 Å². The Labute approximate surface area is 74.6 Å². The highest BCUT2D eigenvalue weighted by atomic mass is 15.4. The van der Waals surface area contributed by atoms with E-state index in [1.165, 1.54) is 44.9 Å². The molecule has 3 nitrogen and oxygen atoms in total. The predicted octanol–water partition coefficient (Wildman–Crippen LogP) is 2.69. The van der Waals surface area contributed by atoms with E-state index < -0.39 is 0 Å². The molecule has 0 aromatic heterocycles. The predicted molar refractivity (Wildman–Crippen MR) is 50.0 cm³/mol. The summed E-state index contributed by atoms with van der Waals surface area (Å²) in [6.07, 6.45) is 9.25. The highest BCUT2D eigenvalue weighted by Crippen LogP contribution is 2.07. The fourth-order valence-corrected chi connectivity index (χ4v) is 1.42. The smallest absolute Gasteiger partial charge is 0.0620 e. The maximum absolute atomic E-state index is 4.02. The first-order valence-corrected chi connectivity index (χ1v) is 5.09. The topological polar surface area (TPSA) is 36.8 Å². The van der Waals surface area contributed by atoms with Crippen LogP contribution in [0.25, 0.3) is 0 Å². The second kappa shape index (κ2) is 7.07. The molecule has 0 aromatic rings. The Kier molecular flexibility index (Phi) is 5.59. The van der Waals surface area contributed by atoms with Crippen molar-refractivity contribution in [2.24, 2.45) is 10.3 Å². The summed E-state index contributed by atoms with van der Waals surface area (Å²) in [5, 5.41) is 7.90. The van der Waals surface area contributed by atoms with Crippen LogP contribution in [0.1, 0.15) is 44.9 Å². The van der Waals surface area contributed by atoms with Crippen LogP contribution in [0.15, 0.2) is 10.3 Å². The third kappa shape index (κ3) is 5.10. The van der Waals surface area contributed by atoms with Crippen molar-refractivity contribution in [2.75, 3.05) is 13.1 Å². The van der Waals surface area contributed by atoms with Crippen LogP contribution in [-0.2, 0) is 0 Å². The van der Waals surface area contributed by atoms with E-state index in [4.69, 9.17) is 0 Å². The zero-order valence-electron chi connectivity index (χ0n) is 7.76.